The van der Waals surface area contributed by atoms with E-state index >= 15 is 0 Å². The van der Waals surface area contributed by atoms with Crippen LogP contribution in [0.5, 0.6) is 0 Å². The van der Waals surface area contributed by atoms with Gasteiger partial charge in [-0.25, -0.2) is 9.78 Å². The van der Waals surface area contributed by atoms with Crippen LogP contribution >= 0.6 is 11.6 Å². The van der Waals surface area contributed by atoms with E-state index in [1.54, 1.807) is 6.92 Å². The van der Waals surface area contributed by atoms with Gasteiger partial charge >= 0.3 is 5.97 Å². The fourth-order valence-electron chi connectivity index (χ4n) is 1.49. The number of hydrogen-bond acceptors (Lipinski definition) is 4. The minimum Gasteiger partial charge on any atom is -0.477 e. The highest BCUT2D eigenvalue weighted by Gasteiger charge is 2.17. The molecule has 1 amide bonds. The molecule has 0 spiro atoms. The normalized spacial score (nSPS) is 10.2. The number of H-pyrrole nitrogens is 1. The average molecular weight is 281 g/mol. The van der Waals surface area contributed by atoms with Crippen LogP contribution in [0.15, 0.2) is 18.5 Å². The van der Waals surface area contributed by atoms with Gasteiger partial charge in [-0.1, -0.05) is 11.6 Å². The number of carbonyl (C=O) groups is 2. The monoisotopic (exact) mass is 280 g/mol. The first-order chi connectivity index (χ1) is 8.97. The third kappa shape index (κ3) is 2.89. The summed E-state index contributed by atoms with van der Waals surface area (Å²) >= 11 is 5.62. The maximum atomic E-state index is 11.9. The SMILES string of the molecule is Cc1cc(NC(=O)c2cncc(Cl)n2)c(C(=O)O)[nH]1. The summed E-state index contributed by atoms with van der Waals surface area (Å²) in [5.74, 6) is -1.75. The molecule has 19 heavy (non-hydrogen) atoms. The van der Waals surface area contributed by atoms with E-state index in [0.29, 0.717) is 5.69 Å². The summed E-state index contributed by atoms with van der Waals surface area (Å²) in [6, 6.07) is 1.51. The Morgan fingerprint density at radius 3 is 2.79 bits per heavy atom. The first-order valence-corrected chi connectivity index (χ1v) is 5.57. The summed E-state index contributed by atoms with van der Waals surface area (Å²) in [5, 5.41) is 11.5. The number of nitrogens with zero attached hydrogens (tertiary/aromatic N) is 2. The molecule has 3 N–H and O–H groups in total. The molecule has 2 aromatic rings. The number of carboxylic acids is 1. The molecule has 0 saturated carbocycles. The van der Waals surface area contributed by atoms with E-state index in [9.17, 15) is 9.59 Å². The van der Waals surface area contributed by atoms with Crippen LogP contribution < -0.4 is 5.32 Å². The summed E-state index contributed by atoms with van der Waals surface area (Å²) in [6.07, 6.45) is 2.53. The molecule has 0 aromatic carbocycles. The molecule has 98 valence electrons. The zero-order chi connectivity index (χ0) is 14.0. The predicted octanol–water partition coefficient (Wildman–Crippen LogP) is 1.72. The number of aromatic carboxylic acids is 1. The molecule has 0 radical (unpaired) electrons. The Kier molecular flexibility index (Phi) is 3.48. The Morgan fingerprint density at radius 1 is 1.42 bits per heavy atom. The minimum atomic E-state index is -1.17. The molecule has 0 saturated heterocycles. The molecular weight excluding hydrogens is 272 g/mol. The second kappa shape index (κ2) is 5.07. The van der Waals surface area contributed by atoms with Gasteiger partial charge in [0.25, 0.3) is 5.91 Å². The van der Waals surface area contributed by atoms with Gasteiger partial charge in [-0.05, 0) is 13.0 Å². The third-order valence-corrected chi connectivity index (χ3v) is 2.43. The predicted molar refractivity (Wildman–Crippen MR) is 67.5 cm³/mol. The Bertz CT molecular complexity index is 653. The van der Waals surface area contributed by atoms with E-state index < -0.39 is 11.9 Å². The van der Waals surface area contributed by atoms with Crippen LogP contribution in [0.25, 0.3) is 0 Å². The summed E-state index contributed by atoms with van der Waals surface area (Å²) in [4.78, 5) is 33.0. The smallest absolute Gasteiger partial charge is 0.354 e. The van der Waals surface area contributed by atoms with Crippen LogP contribution in [-0.4, -0.2) is 31.9 Å². The van der Waals surface area contributed by atoms with Crippen LogP contribution in [0.1, 0.15) is 26.7 Å². The summed E-state index contributed by atoms with van der Waals surface area (Å²) < 4.78 is 0. The molecule has 0 aliphatic rings. The number of carboxylic acid groups (broad SMARTS) is 1. The van der Waals surface area contributed by atoms with Crippen molar-refractivity contribution < 1.29 is 14.7 Å². The van der Waals surface area contributed by atoms with Gasteiger partial charge in [0, 0.05) is 5.69 Å². The number of aryl methyl sites for hydroxylation is 1. The van der Waals surface area contributed by atoms with Gasteiger partial charge in [0.15, 0.2) is 0 Å². The highest BCUT2D eigenvalue weighted by atomic mass is 35.5. The fourth-order valence-corrected chi connectivity index (χ4v) is 1.64. The molecule has 0 unspecified atom stereocenters. The Morgan fingerprint density at radius 2 is 2.16 bits per heavy atom. The number of aromatic nitrogens is 3. The molecule has 2 rings (SSSR count). The molecule has 0 fully saturated rings. The lowest BCUT2D eigenvalue weighted by Gasteiger charge is -2.03. The zero-order valence-corrected chi connectivity index (χ0v) is 10.5. The first-order valence-electron chi connectivity index (χ1n) is 5.19. The lowest BCUT2D eigenvalue weighted by Crippen LogP contribution is -2.15. The van der Waals surface area contributed by atoms with Crippen molar-refractivity contribution in [3.63, 3.8) is 0 Å². The maximum absolute atomic E-state index is 11.9. The van der Waals surface area contributed by atoms with E-state index in [4.69, 9.17) is 16.7 Å². The minimum absolute atomic E-state index is 0.00249. The van der Waals surface area contributed by atoms with E-state index in [2.05, 4.69) is 20.3 Å². The number of anilines is 1. The van der Waals surface area contributed by atoms with Crippen molar-refractivity contribution in [3.05, 3.63) is 40.7 Å². The number of nitrogens with one attached hydrogen (secondary N) is 2. The standard InChI is InChI=1S/C11H9ClN4O3/c1-5-2-6(9(14-5)11(18)19)16-10(17)7-3-13-4-8(12)15-7/h2-4,14H,1H3,(H,16,17)(H,18,19). The van der Waals surface area contributed by atoms with Crippen molar-refractivity contribution in [1.29, 1.82) is 0 Å². The molecular formula is C11H9ClN4O3. The Balaban J connectivity index is 2.26. The van der Waals surface area contributed by atoms with Crippen LogP contribution in [0.3, 0.4) is 0 Å². The van der Waals surface area contributed by atoms with Crippen LogP contribution in [0.4, 0.5) is 5.69 Å². The van der Waals surface area contributed by atoms with E-state index in [1.165, 1.54) is 18.5 Å². The maximum Gasteiger partial charge on any atom is 0.354 e. The van der Waals surface area contributed by atoms with E-state index in [-0.39, 0.29) is 22.2 Å². The van der Waals surface area contributed by atoms with Crippen molar-refractivity contribution in [2.75, 3.05) is 5.32 Å². The molecule has 0 aliphatic heterocycles. The van der Waals surface area contributed by atoms with Gasteiger partial charge in [0.1, 0.15) is 16.5 Å². The summed E-state index contributed by atoms with van der Waals surface area (Å²) in [6.45, 7) is 1.68. The number of carbonyl (C=O) groups excluding carboxylic acids is 1. The number of hydrogen-bond donors (Lipinski definition) is 3. The highest BCUT2D eigenvalue weighted by molar-refractivity contribution is 6.29. The van der Waals surface area contributed by atoms with E-state index in [1.807, 2.05) is 0 Å². The average Bonchev–Trinajstić information content (AvgIpc) is 2.70. The highest BCUT2D eigenvalue weighted by Crippen LogP contribution is 2.17. The topological polar surface area (TPSA) is 108 Å². The molecule has 0 bridgehead atoms. The largest absolute Gasteiger partial charge is 0.477 e. The lowest BCUT2D eigenvalue weighted by molar-refractivity contribution is 0.0692. The quantitative estimate of drug-likeness (QED) is 0.793. The fraction of sp³-hybridized carbons (Fsp3) is 0.0909. The van der Waals surface area contributed by atoms with Crippen molar-refractivity contribution in [2.24, 2.45) is 0 Å². The van der Waals surface area contributed by atoms with Gasteiger partial charge in [-0.3, -0.25) is 9.78 Å². The molecule has 2 aromatic heterocycles. The zero-order valence-electron chi connectivity index (χ0n) is 9.77. The lowest BCUT2D eigenvalue weighted by atomic mass is 10.3. The molecule has 7 nitrogen and oxygen atoms in total. The van der Waals surface area contributed by atoms with Gasteiger partial charge in [0.2, 0.25) is 0 Å². The van der Waals surface area contributed by atoms with Crippen molar-refractivity contribution in [2.45, 2.75) is 6.92 Å². The van der Waals surface area contributed by atoms with Gasteiger partial charge in [0.05, 0.1) is 18.1 Å². The molecule has 0 atom stereocenters. The Labute approximate surface area is 112 Å². The van der Waals surface area contributed by atoms with Gasteiger partial charge in [-0.2, -0.15) is 0 Å². The van der Waals surface area contributed by atoms with Gasteiger partial charge in [-0.15, -0.1) is 0 Å². The second-order valence-corrected chi connectivity index (χ2v) is 4.11. The van der Waals surface area contributed by atoms with Crippen molar-refractivity contribution in [3.8, 4) is 0 Å². The molecule has 8 heteroatoms. The summed E-state index contributed by atoms with van der Waals surface area (Å²) in [5.41, 5.74) is 0.685. The Hall–Kier alpha value is -2.41. The number of amides is 1. The molecule has 2 heterocycles. The second-order valence-electron chi connectivity index (χ2n) is 3.73. The molecule has 0 aliphatic carbocycles. The van der Waals surface area contributed by atoms with Crippen LogP contribution in [0, 0.1) is 6.92 Å². The number of aromatic amines is 1. The number of rotatable bonds is 3. The van der Waals surface area contributed by atoms with Gasteiger partial charge < -0.3 is 15.4 Å². The van der Waals surface area contributed by atoms with E-state index in [0.717, 1.165) is 0 Å². The van der Waals surface area contributed by atoms with Crippen LogP contribution in [-0.2, 0) is 0 Å². The third-order valence-electron chi connectivity index (χ3n) is 2.25. The van der Waals surface area contributed by atoms with Crippen molar-refractivity contribution in [1.82, 2.24) is 15.0 Å². The van der Waals surface area contributed by atoms with Crippen LogP contribution in [0.2, 0.25) is 5.15 Å². The first kappa shape index (κ1) is 13.0. The summed E-state index contributed by atoms with van der Waals surface area (Å²) in [7, 11) is 0. The number of halogens is 1. The van der Waals surface area contributed by atoms with Crippen molar-refractivity contribution >= 4 is 29.2 Å².